The molecule has 0 aliphatic heterocycles. The molecule has 0 atom stereocenters. The third kappa shape index (κ3) is 3.14. The molecular formula is C18H18N2O. The molecule has 3 heteroatoms. The van der Waals surface area contributed by atoms with Gasteiger partial charge in [0.25, 0.3) is 0 Å². The Kier molecular flexibility index (Phi) is 3.73. The summed E-state index contributed by atoms with van der Waals surface area (Å²) in [6.07, 6.45) is 0. The molecule has 1 aromatic heterocycles. The van der Waals surface area contributed by atoms with Crippen molar-refractivity contribution in [3.8, 4) is 11.3 Å². The molecule has 0 amide bonds. The molecule has 1 N–H and O–H groups in total. The van der Waals surface area contributed by atoms with Gasteiger partial charge in [-0.3, -0.25) is 0 Å². The van der Waals surface area contributed by atoms with Crippen molar-refractivity contribution in [1.29, 1.82) is 0 Å². The Morgan fingerprint density at radius 1 is 1.00 bits per heavy atom. The number of nitrogens with one attached hydrogen (secondary N) is 1. The van der Waals surface area contributed by atoms with E-state index in [1.807, 2.05) is 36.4 Å². The van der Waals surface area contributed by atoms with E-state index in [0.29, 0.717) is 6.54 Å². The first kappa shape index (κ1) is 13.4. The van der Waals surface area contributed by atoms with Crippen molar-refractivity contribution in [2.24, 2.45) is 0 Å². The number of anilines is 1. The zero-order valence-corrected chi connectivity index (χ0v) is 12.3. The molecule has 3 aromatic rings. The van der Waals surface area contributed by atoms with Gasteiger partial charge in [-0.25, -0.2) is 0 Å². The molecule has 0 bridgehead atoms. The first-order chi connectivity index (χ1) is 10.2. The molecule has 106 valence electrons. The van der Waals surface area contributed by atoms with Gasteiger partial charge in [0.15, 0.2) is 5.76 Å². The number of hydrogen-bond acceptors (Lipinski definition) is 3. The summed E-state index contributed by atoms with van der Waals surface area (Å²) >= 11 is 0. The molecule has 0 saturated heterocycles. The number of nitrogens with zero attached hydrogens (tertiary/aromatic N) is 1. The highest BCUT2D eigenvalue weighted by Crippen LogP contribution is 2.21. The van der Waals surface area contributed by atoms with E-state index >= 15 is 0 Å². The third-order valence-corrected chi connectivity index (χ3v) is 3.47. The Morgan fingerprint density at radius 2 is 1.81 bits per heavy atom. The molecule has 0 radical (unpaired) electrons. The van der Waals surface area contributed by atoms with Gasteiger partial charge >= 0.3 is 0 Å². The Morgan fingerprint density at radius 3 is 2.62 bits per heavy atom. The highest BCUT2D eigenvalue weighted by atomic mass is 16.5. The number of benzene rings is 2. The molecule has 0 fully saturated rings. The minimum atomic E-state index is 0.629. The van der Waals surface area contributed by atoms with Crippen LogP contribution in [0.3, 0.4) is 0 Å². The van der Waals surface area contributed by atoms with Crippen LogP contribution in [0.5, 0.6) is 0 Å². The fourth-order valence-electron chi connectivity index (χ4n) is 2.25. The highest BCUT2D eigenvalue weighted by molar-refractivity contribution is 5.59. The minimum absolute atomic E-state index is 0.629. The third-order valence-electron chi connectivity index (χ3n) is 3.47. The first-order valence-corrected chi connectivity index (χ1v) is 7.04. The molecule has 3 nitrogen and oxygen atoms in total. The van der Waals surface area contributed by atoms with Crippen LogP contribution in [0.1, 0.15) is 16.9 Å². The number of aryl methyl sites for hydroxylation is 2. The lowest BCUT2D eigenvalue weighted by molar-refractivity contribution is 0.390. The molecule has 0 unspecified atom stereocenters. The van der Waals surface area contributed by atoms with Crippen LogP contribution < -0.4 is 5.32 Å². The van der Waals surface area contributed by atoms with E-state index in [0.717, 1.165) is 22.7 Å². The summed E-state index contributed by atoms with van der Waals surface area (Å²) < 4.78 is 5.40. The van der Waals surface area contributed by atoms with Gasteiger partial charge in [-0.1, -0.05) is 47.6 Å². The first-order valence-electron chi connectivity index (χ1n) is 7.04. The van der Waals surface area contributed by atoms with Gasteiger partial charge in [-0.15, -0.1) is 0 Å². The van der Waals surface area contributed by atoms with E-state index in [2.05, 4.69) is 42.5 Å². The van der Waals surface area contributed by atoms with Crippen molar-refractivity contribution < 1.29 is 4.52 Å². The maximum atomic E-state index is 5.40. The summed E-state index contributed by atoms with van der Waals surface area (Å²) in [5, 5.41) is 7.52. The number of rotatable bonds is 4. The molecule has 0 aliphatic carbocycles. The molecule has 0 aliphatic rings. The van der Waals surface area contributed by atoms with Crippen LogP contribution in [-0.4, -0.2) is 5.16 Å². The number of hydrogen-bond donors (Lipinski definition) is 1. The smallest absolute Gasteiger partial charge is 0.156 e. The lowest BCUT2D eigenvalue weighted by Crippen LogP contribution is -2.00. The summed E-state index contributed by atoms with van der Waals surface area (Å²) in [6.45, 7) is 4.81. The van der Waals surface area contributed by atoms with E-state index in [-0.39, 0.29) is 0 Å². The van der Waals surface area contributed by atoms with Gasteiger partial charge in [0, 0.05) is 17.3 Å². The molecular weight excluding hydrogens is 260 g/mol. The highest BCUT2D eigenvalue weighted by Gasteiger charge is 2.06. The maximum Gasteiger partial charge on any atom is 0.156 e. The Labute approximate surface area is 124 Å². The summed E-state index contributed by atoms with van der Waals surface area (Å²) in [5.41, 5.74) is 5.54. The van der Waals surface area contributed by atoms with Gasteiger partial charge in [0.2, 0.25) is 0 Å². The van der Waals surface area contributed by atoms with Crippen LogP contribution in [0.15, 0.2) is 59.1 Å². The van der Waals surface area contributed by atoms with Crippen molar-refractivity contribution in [3.05, 3.63) is 71.5 Å². The van der Waals surface area contributed by atoms with Crippen LogP contribution in [0.4, 0.5) is 5.69 Å². The molecule has 0 spiro atoms. The Hall–Kier alpha value is -2.55. The van der Waals surface area contributed by atoms with Crippen molar-refractivity contribution in [3.63, 3.8) is 0 Å². The largest absolute Gasteiger partial charge is 0.377 e. The van der Waals surface area contributed by atoms with Crippen LogP contribution in [0.2, 0.25) is 0 Å². The molecule has 2 aromatic carbocycles. The maximum absolute atomic E-state index is 5.40. The summed E-state index contributed by atoms with van der Waals surface area (Å²) in [5.74, 6) is 0.828. The molecule has 3 rings (SSSR count). The fraction of sp³-hybridized carbons (Fsp3) is 0.167. The zero-order chi connectivity index (χ0) is 14.7. The minimum Gasteiger partial charge on any atom is -0.377 e. The van der Waals surface area contributed by atoms with E-state index < -0.39 is 0 Å². The Balaban J connectivity index is 1.72. The monoisotopic (exact) mass is 278 g/mol. The van der Waals surface area contributed by atoms with Crippen LogP contribution >= 0.6 is 0 Å². The fourth-order valence-corrected chi connectivity index (χ4v) is 2.25. The second-order valence-corrected chi connectivity index (χ2v) is 5.22. The van der Waals surface area contributed by atoms with Crippen molar-refractivity contribution in [2.45, 2.75) is 20.4 Å². The average molecular weight is 278 g/mol. The molecule has 21 heavy (non-hydrogen) atoms. The van der Waals surface area contributed by atoms with Crippen molar-refractivity contribution in [2.75, 3.05) is 5.32 Å². The van der Waals surface area contributed by atoms with Gasteiger partial charge in [0.05, 0.1) is 6.54 Å². The van der Waals surface area contributed by atoms with Gasteiger partial charge in [-0.2, -0.15) is 0 Å². The summed E-state index contributed by atoms with van der Waals surface area (Å²) in [7, 11) is 0. The SMILES string of the molecule is Cc1ccc(C)c(NCc2cc(-c3ccccc3)no2)c1. The zero-order valence-electron chi connectivity index (χ0n) is 12.3. The second-order valence-electron chi connectivity index (χ2n) is 5.22. The second kappa shape index (κ2) is 5.83. The van der Waals surface area contributed by atoms with E-state index in [1.165, 1.54) is 11.1 Å². The normalized spacial score (nSPS) is 10.6. The van der Waals surface area contributed by atoms with Gasteiger partial charge in [0.1, 0.15) is 5.69 Å². The predicted octanol–water partition coefficient (Wildman–Crippen LogP) is 4.57. The van der Waals surface area contributed by atoms with Gasteiger partial charge < -0.3 is 9.84 Å². The topological polar surface area (TPSA) is 38.1 Å². The lowest BCUT2D eigenvalue weighted by Gasteiger charge is -2.08. The van der Waals surface area contributed by atoms with Crippen molar-refractivity contribution in [1.82, 2.24) is 5.16 Å². The average Bonchev–Trinajstić information content (AvgIpc) is 2.98. The quantitative estimate of drug-likeness (QED) is 0.759. The van der Waals surface area contributed by atoms with E-state index in [9.17, 15) is 0 Å². The summed E-state index contributed by atoms with van der Waals surface area (Å²) in [4.78, 5) is 0. The Bertz CT molecular complexity index is 732. The lowest BCUT2D eigenvalue weighted by atomic mass is 10.1. The van der Waals surface area contributed by atoms with Gasteiger partial charge in [-0.05, 0) is 31.0 Å². The predicted molar refractivity (Wildman–Crippen MR) is 85.2 cm³/mol. The van der Waals surface area contributed by atoms with E-state index in [4.69, 9.17) is 4.52 Å². The van der Waals surface area contributed by atoms with Crippen LogP contribution in [0.25, 0.3) is 11.3 Å². The van der Waals surface area contributed by atoms with Crippen LogP contribution in [-0.2, 0) is 6.54 Å². The van der Waals surface area contributed by atoms with E-state index in [1.54, 1.807) is 0 Å². The molecule has 1 heterocycles. The summed E-state index contributed by atoms with van der Waals surface area (Å²) in [6, 6.07) is 18.4. The van der Waals surface area contributed by atoms with Crippen molar-refractivity contribution >= 4 is 5.69 Å². The van der Waals surface area contributed by atoms with Crippen LogP contribution in [0, 0.1) is 13.8 Å². The number of aromatic nitrogens is 1. The standard InChI is InChI=1S/C18H18N2O/c1-13-8-9-14(2)17(10-13)19-12-16-11-18(20-21-16)15-6-4-3-5-7-15/h3-11,19H,12H2,1-2H3. The molecule has 0 saturated carbocycles.